The molecule has 0 bridgehead atoms. The molecular formula is C17H26N6S. The van der Waals surface area contributed by atoms with E-state index in [0.717, 1.165) is 37.0 Å². The Bertz CT molecular complexity index is 662. The third kappa shape index (κ3) is 3.95. The molecule has 0 radical (unpaired) electrons. The van der Waals surface area contributed by atoms with Crippen molar-refractivity contribution in [2.45, 2.75) is 39.8 Å². The summed E-state index contributed by atoms with van der Waals surface area (Å²) in [4.78, 5) is 17.0. The summed E-state index contributed by atoms with van der Waals surface area (Å²) in [5, 5.41) is 4.51. The molecule has 3 rings (SSSR count). The predicted octanol–water partition coefficient (Wildman–Crippen LogP) is 2.70. The zero-order valence-electron chi connectivity index (χ0n) is 14.6. The number of aromatic nitrogens is 3. The van der Waals surface area contributed by atoms with Gasteiger partial charge in [-0.1, -0.05) is 6.92 Å². The average molecular weight is 347 g/mol. The number of thiazole rings is 1. The Labute approximate surface area is 147 Å². The number of aryl methyl sites for hydroxylation is 1. The van der Waals surface area contributed by atoms with Gasteiger partial charge in [-0.15, -0.1) is 11.3 Å². The van der Waals surface area contributed by atoms with Gasteiger partial charge in [0.25, 0.3) is 0 Å². The standard InChI is InChI=1S/C17H26N6S/c1-4-19-17(21-10-16-20-9-14(3)24-16)22-7-5-13(2)15(11-22)23-8-6-18-12-23/h6,8-9,12-13,15H,4-5,7,10-11H2,1-3H3,(H,19,21). The fourth-order valence-corrected chi connectivity index (χ4v) is 3.85. The monoisotopic (exact) mass is 346 g/mol. The number of aliphatic imine (C=N–C) groups is 1. The van der Waals surface area contributed by atoms with Crippen LogP contribution in [-0.4, -0.2) is 45.0 Å². The van der Waals surface area contributed by atoms with E-state index in [-0.39, 0.29) is 0 Å². The van der Waals surface area contributed by atoms with Gasteiger partial charge in [0.1, 0.15) is 5.01 Å². The topological polar surface area (TPSA) is 58.3 Å². The molecule has 0 amide bonds. The molecule has 2 unspecified atom stereocenters. The van der Waals surface area contributed by atoms with Crippen LogP contribution in [0.4, 0.5) is 0 Å². The average Bonchev–Trinajstić information content (AvgIpc) is 3.24. The summed E-state index contributed by atoms with van der Waals surface area (Å²) in [6, 6.07) is 0.437. The van der Waals surface area contributed by atoms with Crippen molar-refractivity contribution in [1.82, 2.24) is 24.8 Å². The number of nitrogens with one attached hydrogen (secondary N) is 1. The van der Waals surface area contributed by atoms with Crippen LogP contribution in [0.15, 0.2) is 29.9 Å². The molecule has 0 aromatic carbocycles. The van der Waals surface area contributed by atoms with Gasteiger partial charge < -0.3 is 14.8 Å². The normalized spacial score (nSPS) is 22.0. The first-order valence-corrected chi connectivity index (χ1v) is 9.41. The van der Waals surface area contributed by atoms with Gasteiger partial charge in [0, 0.05) is 43.1 Å². The summed E-state index contributed by atoms with van der Waals surface area (Å²) < 4.78 is 2.23. The van der Waals surface area contributed by atoms with Crippen LogP contribution in [0.3, 0.4) is 0 Å². The third-order valence-electron chi connectivity index (χ3n) is 4.49. The van der Waals surface area contributed by atoms with Gasteiger partial charge in [0.15, 0.2) is 5.96 Å². The highest BCUT2D eigenvalue weighted by Crippen LogP contribution is 2.27. The van der Waals surface area contributed by atoms with Crippen molar-refractivity contribution < 1.29 is 0 Å². The lowest BCUT2D eigenvalue weighted by Crippen LogP contribution is -2.49. The number of imidazole rings is 1. The fourth-order valence-electron chi connectivity index (χ4n) is 3.14. The Kier molecular flexibility index (Phi) is 5.50. The lowest BCUT2D eigenvalue weighted by molar-refractivity contribution is 0.189. The second kappa shape index (κ2) is 7.79. The minimum Gasteiger partial charge on any atom is -0.357 e. The molecule has 2 aromatic rings. The van der Waals surface area contributed by atoms with Crippen LogP contribution in [0, 0.1) is 12.8 Å². The Morgan fingerprint density at radius 1 is 1.50 bits per heavy atom. The molecule has 1 aliphatic rings. The van der Waals surface area contributed by atoms with E-state index in [0.29, 0.717) is 18.5 Å². The summed E-state index contributed by atoms with van der Waals surface area (Å²) in [5.41, 5.74) is 0. The van der Waals surface area contributed by atoms with Crippen LogP contribution in [-0.2, 0) is 6.54 Å². The zero-order valence-corrected chi connectivity index (χ0v) is 15.5. The zero-order chi connectivity index (χ0) is 16.9. The van der Waals surface area contributed by atoms with E-state index < -0.39 is 0 Å². The van der Waals surface area contributed by atoms with E-state index in [1.54, 1.807) is 11.3 Å². The van der Waals surface area contributed by atoms with Crippen LogP contribution < -0.4 is 5.32 Å². The van der Waals surface area contributed by atoms with Crippen molar-refractivity contribution in [2.75, 3.05) is 19.6 Å². The van der Waals surface area contributed by atoms with E-state index in [2.05, 4.69) is 51.7 Å². The molecule has 0 aliphatic carbocycles. The number of nitrogens with zero attached hydrogens (tertiary/aromatic N) is 5. The van der Waals surface area contributed by atoms with Gasteiger partial charge in [-0.05, 0) is 26.2 Å². The largest absolute Gasteiger partial charge is 0.357 e. The molecule has 0 saturated carbocycles. The molecule has 6 nitrogen and oxygen atoms in total. The van der Waals surface area contributed by atoms with Gasteiger partial charge in [0.05, 0.1) is 18.9 Å². The molecule has 7 heteroatoms. The fraction of sp³-hybridized carbons (Fsp3) is 0.588. The van der Waals surface area contributed by atoms with Crippen LogP contribution in [0.5, 0.6) is 0 Å². The van der Waals surface area contributed by atoms with Gasteiger partial charge in [0.2, 0.25) is 0 Å². The van der Waals surface area contributed by atoms with E-state index in [9.17, 15) is 0 Å². The van der Waals surface area contributed by atoms with Gasteiger partial charge >= 0.3 is 0 Å². The minimum absolute atomic E-state index is 0.437. The highest BCUT2D eigenvalue weighted by atomic mass is 32.1. The maximum absolute atomic E-state index is 4.82. The van der Waals surface area contributed by atoms with Crippen LogP contribution in [0.25, 0.3) is 0 Å². The number of rotatable bonds is 4. The summed E-state index contributed by atoms with van der Waals surface area (Å²) in [5.74, 6) is 1.63. The smallest absolute Gasteiger partial charge is 0.194 e. The summed E-state index contributed by atoms with van der Waals surface area (Å²) in [6.45, 7) is 10.0. The molecule has 0 spiro atoms. The molecule has 1 aliphatic heterocycles. The van der Waals surface area contributed by atoms with Crippen LogP contribution in [0.2, 0.25) is 0 Å². The Balaban J connectivity index is 1.72. The Hall–Kier alpha value is -1.89. The predicted molar refractivity (Wildman–Crippen MR) is 98.3 cm³/mol. The lowest BCUT2D eigenvalue weighted by Gasteiger charge is -2.39. The SMILES string of the molecule is CCNC(=NCc1ncc(C)s1)N1CCC(C)C(n2ccnc2)C1. The Morgan fingerprint density at radius 3 is 3.04 bits per heavy atom. The van der Waals surface area contributed by atoms with Crippen molar-refractivity contribution >= 4 is 17.3 Å². The quantitative estimate of drug-likeness (QED) is 0.683. The van der Waals surface area contributed by atoms with Crippen molar-refractivity contribution in [1.29, 1.82) is 0 Å². The molecule has 130 valence electrons. The first-order chi connectivity index (χ1) is 11.7. The van der Waals surface area contributed by atoms with Gasteiger partial charge in [-0.2, -0.15) is 0 Å². The highest BCUT2D eigenvalue weighted by molar-refractivity contribution is 7.11. The second-order valence-corrected chi connectivity index (χ2v) is 7.64. The van der Waals surface area contributed by atoms with Crippen molar-refractivity contribution in [3.63, 3.8) is 0 Å². The van der Waals surface area contributed by atoms with Crippen LogP contribution in [0.1, 0.15) is 36.2 Å². The molecule has 1 N–H and O–H groups in total. The summed E-state index contributed by atoms with van der Waals surface area (Å²) in [7, 11) is 0. The molecule has 3 heterocycles. The molecule has 1 fully saturated rings. The highest BCUT2D eigenvalue weighted by Gasteiger charge is 2.28. The van der Waals surface area contributed by atoms with Gasteiger partial charge in [-0.25, -0.2) is 15.0 Å². The van der Waals surface area contributed by atoms with Crippen molar-refractivity contribution in [3.8, 4) is 0 Å². The van der Waals surface area contributed by atoms with Gasteiger partial charge in [-0.3, -0.25) is 0 Å². The summed E-state index contributed by atoms with van der Waals surface area (Å²) in [6.07, 6.45) is 8.92. The first kappa shape index (κ1) is 17.0. The second-order valence-electron chi connectivity index (χ2n) is 6.32. The number of hydrogen-bond donors (Lipinski definition) is 1. The van der Waals surface area contributed by atoms with Crippen molar-refractivity contribution in [2.24, 2.45) is 10.9 Å². The third-order valence-corrected chi connectivity index (χ3v) is 5.39. The van der Waals surface area contributed by atoms with Crippen LogP contribution >= 0.6 is 11.3 Å². The molecule has 2 aromatic heterocycles. The molecular weight excluding hydrogens is 320 g/mol. The molecule has 2 atom stereocenters. The number of likely N-dealkylation sites (tertiary alicyclic amines) is 1. The van der Waals surface area contributed by atoms with Crippen molar-refractivity contribution in [3.05, 3.63) is 34.8 Å². The summed E-state index contributed by atoms with van der Waals surface area (Å²) >= 11 is 1.72. The first-order valence-electron chi connectivity index (χ1n) is 8.59. The number of guanidine groups is 1. The van der Waals surface area contributed by atoms with E-state index in [1.807, 2.05) is 18.7 Å². The van der Waals surface area contributed by atoms with E-state index in [4.69, 9.17) is 4.99 Å². The number of hydrogen-bond acceptors (Lipinski definition) is 4. The van der Waals surface area contributed by atoms with E-state index in [1.165, 1.54) is 4.88 Å². The maximum Gasteiger partial charge on any atom is 0.194 e. The maximum atomic E-state index is 4.82. The minimum atomic E-state index is 0.437. The number of piperidine rings is 1. The lowest BCUT2D eigenvalue weighted by atomic mass is 9.93. The molecule has 1 saturated heterocycles. The van der Waals surface area contributed by atoms with E-state index >= 15 is 0 Å². The molecule has 24 heavy (non-hydrogen) atoms. The Morgan fingerprint density at radius 2 is 2.38 bits per heavy atom.